The molecule has 4 heteroatoms. The van der Waals surface area contributed by atoms with E-state index in [2.05, 4.69) is 0 Å². The average molecular weight is 158 g/mol. The summed E-state index contributed by atoms with van der Waals surface area (Å²) in [7, 11) is 0. The van der Waals surface area contributed by atoms with Gasteiger partial charge >= 0.3 is 6.09 Å². The SMILES string of the molecule is NCC[C@@H]1CCN(C(=O)O)C1. The van der Waals surface area contributed by atoms with Crippen LogP contribution in [-0.4, -0.2) is 35.7 Å². The number of carbonyl (C=O) groups is 1. The third-order valence-electron chi connectivity index (χ3n) is 2.13. The van der Waals surface area contributed by atoms with Crippen LogP contribution in [0, 0.1) is 5.92 Å². The molecule has 1 atom stereocenters. The smallest absolute Gasteiger partial charge is 0.407 e. The van der Waals surface area contributed by atoms with Crippen LogP contribution in [0.3, 0.4) is 0 Å². The molecule has 11 heavy (non-hydrogen) atoms. The van der Waals surface area contributed by atoms with E-state index >= 15 is 0 Å². The number of carboxylic acid groups (broad SMARTS) is 1. The second kappa shape index (κ2) is 3.57. The highest BCUT2D eigenvalue weighted by Gasteiger charge is 2.24. The van der Waals surface area contributed by atoms with Gasteiger partial charge in [-0.3, -0.25) is 0 Å². The Labute approximate surface area is 66.0 Å². The zero-order valence-electron chi connectivity index (χ0n) is 6.49. The maximum atomic E-state index is 10.4. The largest absolute Gasteiger partial charge is 0.465 e. The number of nitrogens with two attached hydrogens (primary N) is 1. The zero-order chi connectivity index (χ0) is 8.27. The molecule has 1 aliphatic heterocycles. The molecular formula is C7H14N2O2. The predicted molar refractivity (Wildman–Crippen MR) is 41.4 cm³/mol. The van der Waals surface area contributed by atoms with Gasteiger partial charge in [0.2, 0.25) is 0 Å². The lowest BCUT2D eigenvalue weighted by Gasteiger charge is -2.10. The molecule has 0 saturated carbocycles. The molecular weight excluding hydrogens is 144 g/mol. The maximum absolute atomic E-state index is 10.4. The van der Waals surface area contributed by atoms with Crippen molar-refractivity contribution in [1.82, 2.24) is 4.90 Å². The summed E-state index contributed by atoms with van der Waals surface area (Å²) in [6, 6.07) is 0. The normalized spacial score (nSPS) is 24.1. The highest BCUT2D eigenvalue weighted by Crippen LogP contribution is 2.18. The highest BCUT2D eigenvalue weighted by molar-refractivity contribution is 5.65. The van der Waals surface area contributed by atoms with Gasteiger partial charge in [0, 0.05) is 13.1 Å². The molecule has 0 aromatic rings. The molecule has 1 rings (SSSR count). The van der Waals surface area contributed by atoms with Gasteiger partial charge in [0.25, 0.3) is 0 Å². The predicted octanol–water partition coefficient (Wildman–Crippen LogP) is 0.335. The molecule has 4 nitrogen and oxygen atoms in total. The third-order valence-corrected chi connectivity index (χ3v) is 2.13. The van der Waals surface area contributed by atoms with Crippen molar-refractivity contribution >= 4 is 6.09 Å². The molecule has 0 spiro atoms. The van der Waals surface area contributed by atoms with Crippen LogP contribution in [0.5, 0.6) is 0 Å². The minimum absolute atomic E-state index is 0.496. The molecule has 3 N–H and O–H groups in total. The van der Waals surface area contributed by atoms with Gasteiger partial charge in [-0.05, 0) is 25.3 Å². The van der Waals surface area contributed by atoms with Gasteiger partial charge in [-0.25, -0.2) is 4.79 Å². The van der Waals surface area contributed by atoms with Crippen LogP contribution in [0.15, 0.2) is 0 Å². The van der Waals surface area contributed by atoms with Crippen molar-refractivity contribution < 1.29 is 9.90 Å². The highest BCUT2D eigenvalue weighted by atomic mass is 16.4. The topological polar surface area (TPSA) is 66.6 Å². The number of likely N-dealkylation sites (tertiary alicyclic amines) is 1. The van der Waals surface area contributed by atoms with Crippen molar-refractivity contribution in [2.75, 3.05) is 19.6 Å². The molecule has 1 aliphatic rings. The maximum Gasteiger partial charge on any atom is 0.407 e. The summed E-state index contributed by atoms with van der Waals surface area (Å²) in [5.74, 6) is 0.496. The first kappa shape index (κ1) is 8.33. The van der Waals surface area contributed by atoms with Crippen LogP contribution in [0.1, 0.15) is 12.8 Å². The molecule has 1 saturated heterocycles. The van der Waals surface area contributed by atoms with E-state index in [9.17, 15) is 4.79 Å². The Bertz CT molecular complexity index is 149. The van der Waals surface area contributed by atoms with Crippen molar-refractivity contribution in [3.8, 4) is 0 Å². The fraction of sp³-hybridized carbons (Fsp3) is 0.857. The van der Waals surface area contributed by atoms with Gasteiger partial charge in [-0.15, -0.1) is 0 Å². The summed E-state index contributed by atoms with van der Waals surface area (Å²) in [6.07, 6.45) is 1.12. The fourth-order valence-electron chi connectivity index (χ4n) is 1.48. The standard InChI is InChI=1S/C7H14N2O2/c8-3-1-6-2-4-9(5-6)7(10)11/h6H,1-5,8H2,(H,10,11)/t6-/m1/s1. The lowest BCUT2D eigenvalue weighted by Crippen LogP contribution is -2.26. The van der Waals surface area contributed by atoms with E-state index in [1.54, 1.807) is 0 Å². The average Bonchev–Trinajstić information content (AvgIpc) is 2.37. The Morgan fingerprint density at radius 1 is 1.73 bits per heavy atom. The number of amides is 1. The monoisotopic (exact) mass is 158 g/mol. The zero-order valence-corrected chi connectivity index (χ0v) is 6.49. The summed E-state index contributed by atoms with van der Waals surface area (Å²) < 4.78 is 0. The van der Waals surface area contributed by atoms with Crippen molar-refractivity contribution in [3.63, 3.8) is 0 Å². The Balaban J connectivity index is 2.29. The second-order valence-corrected chi connectivity index (χ2v) is 2.96. The third kappa shape index (κ3) is 2.08. The van der Waals surface area contributed by atoms with Crippen molar-refractivity contribution in [2.24, 2.45) is 11.7 Å². The fourth-order valence-corrected chi connectivity index (χ4v) is 1.48. The number of hydrogen-bond donors (Lipinski definition) is 2. The molecule has 0 aromatic carbocycles. The first-order valence-corrected chi connectivity index (χ1v) is 3.92. The van der Waals surface area contributed by atoms with Crippen LogP contribution in [0.2, 0.25) is 0 Å². The molecule has 1 fully saturated rings. The van der Waals surface area contributed by atoms with E-state index in [1.807, 2.05) is 0 Å². The Morgan fingerprint density at radius 2 is 2.45 bits per heavy atom. The molecule has 0 radical (unpaired) electrons. The molecule has 0 unspecified atom stereocenters. The van der Waals surface area contributed by atoms with Gasteiger partial charge in [0.15, 0.2) is 0 Å². The Morgan fingerprint density at radius 3 is 2.91 bits per heavy atom. The lowest BCUT2D eigenvalue weighted by atomic mass is 10.1. The van der Waals surface area contributed by atoms with Crippen molar-refractivity contribution in [1.29, 1.82) is 0 Å². The van der Waals surface area contributed by atoms with Crippen LogP contribution in [-0.2, 0) is 0 Å². The molecule has 64 valence electrons. The van der Waals surface area contributed by atoms with E-state index < -0.39 is 6.09 Å². The molecule has 0 aliphatic carbocycles. The molecule has 1 amide bonds. The van der Waals surface area contributed by atoms with E-state index in [-0.39, 0.29) is 0 Å². The molecule has 0 bridgehead atoms. The molecule has 0 aromatic heterocycles. The first-order valence-electron chi connectivity index (χ1n) is 3.92. The summed E-state index contributed by atoms with van der Waals surface area (Å²) in [4.78, 5) is 11.9. The lowest BCUT2D eigenvalue weighted by molar-refractivity contribution is 0.154. The number of nitrogens with zero attached hydrogens (tertiary/aromatic N) is 1. The van der Waals surface area contributed by atoms with E-state index in [0.29, 0.717) is 25.6 Å². The first-order chi connectivity index (χ1) is 5.24. The summed E-state index contributed by atoms with van der Waals surface area (Å²) in [5.41, 5.74) is 5.36. The minimum atomic E-state index is -0.801. The van der Waals surface area contributed by atoms with Gasteiger partial charge in [0.1, 0.15) is 0 Å². The van der Waals surface area contributed by atoms with E-state index in [0.717, 1.165) is 12.8 Å². The quantitative estimate of drug-likeness (QED) is 0.608. The Kier molecular flexibility index (Phi) is 2.70. The van der Waals surface area contributed by atoms with Crippen LogP contribution in [0.25, 0.3) is 0 Å². The van der Waals surface area contributed by atoms with Gasteiger partial charge in [-0.2, -0.15) is 0 Å². The number of hydrogen-bond acceptors (Lipinski definition) is 2. The minimum Gasteiger partial charge on any atom is -0.465 e. The van der Waals surface area contributed by atoms with Crippen molar-refractivity contribution in [2.45, 2.75) is 12.8 Å². The van der Waals surface area contributed by atoms with E-state index in [4.69, 9.17) is 10.8 Å². The van der Waals surface area contributed by atoms with Gasteiger partial charge < -0.3 is 15.7 Å². The summed E-state index contributed by atoms with van der Waals surface area (Å²) >= 11 is 0. The van der Waals surface area contributed by atoms with Crippen LogP contribution in [0.4, 0.5) is 4.79 Å². The van der Waals surface area contributed by atoms with Crippen LogP contribution >= 0.6 is 0 Å². The van der Waals surface area contributed by atoms with Crippen molar-refractivity contribution in [3.05, 3.63) is 0 Å². The van der Waals surface area contributed by atoms with Crippen LogP contribution < -0.4 is 5.73 Å². The summed E-state index contributed by atoms with van der Waals surface area (Å²) in [6.45, 7) is 2.02. The van der Waals surface area contributed by atoms with Gasteiger partial charge in [-0.1, -0.05) is 0 Å². The van der Waals surface area contributed by atoms with Gasteiger partial charge in [0.05, 0.1) is 0 Å². The van der Waals surface area contributed by atoms with E-state index in [1.165, 1.54) is 4.90 Å². The molecule has 1 heterocycles. The Hall–Kier alpha value is -0.770. The second-order valence-electron chi connectivity index (χ2n) is 2.96. The number of rotatable bonds is 2. The summed E-state index contributed by atoms with van der Waals surface area (Å²) in [5, 5.41) is 8.59.